The van der Waals surface area contributed by atoms with Gasteiger partial charge in [-0.25, -0.2) is 9.59 Å². The van der Waals surface area contributed by atoms with E-state index in [2.05, 4.69) is 5.32 Å². The molecular formula is C12H16N2O5. The van der Waals surface area contributed by atoms with Crippen LogP contribution in [0.2, 0.25) is 0 Å². The van der Waals surface area contributed by atoms with Gasteiger partial charge in [0.25, 0.3) is 0 Å². The number of phenolic OH excluding ortho intramolecular Hbond substituents is 1. The minimum absolute atomic E-state index is 0.0766. The van der Waals surface area contributed by atoms with E-state index in [0.717, 1.165) is 6.07 Å². The molecule has 0 radical (unpaired) electrons. The number of rotatable bonds is 4. The molecule has 19 heavy (non-hydrogen) atoms. The lowest BCUT2D eigenvalue weighted by Gasteiger charge is -2.20. The fourth-order valence-corrected chi connectivity index (χ4v) is 1.51. The zero-order chi connectivity index (χ0) is 14.6. The van der Waals surface area contributed by atoms with E-state index in [9.17, 15) is 14.7 Å². The van der Waals surface area contributed by atoms with Crippen LogP contribution in [0, 0.1) is 0 Å². The molecular weight excluding hydrogens is 252 g/mol. The van der Waals surface area contributed by atoms with Gasteiger partial charge in [0.1, 0.15) is 5.75 Å². The number of urea groups is 1. The second-order valence-corrected chi connectivity index (χ2v) is 4.19. The molecule has 0 aliphatic rings. The van der Waals surface area contributed by atoms with Crippen LogP contribution in [0.3, 0.4) is 0 Å². The number of carboxylic acids is 1. The number of phenols is 1. The van der Waals surface area contributed by atoms with Gasteiger partial charge in [-0.05, 0) is 25.1 Å². The Morgan fingerprint density at radius 1 is 1.42 bits per heavy atom. The first-order valence-electron chi connectivity index (χ1n) is 5.57. The summed E-state index contributed by atoms with van der Waals surface area (Å²) in [5.74, 6) is -1.46. The molecule has 1 atom stereocenters. The third kappa shape index (κ3) is 4.14. The topological polar surface area (TPSA) is 110 Å². The van der Waals surface area contributed by atoms with Crippen molar-refractivity contribution in [3.8, 4) is 5.75 Å². The van der Waals surface area contributed by atoms with Crippen molar-refractivity contribution in [2.24, 2.45) is 0 Å². The lowest BCUT2D eigenvalue weighted by Crippen LogP contribution is -2.36. The van der Waals surface area contributed by atoms with E-state index in [4.69, 9.17) is 10.2 Å². The molecule has 0 bridgehead atoms. The molecule has 7 heteroatoms. The fraction of sp³-hybridized carbons (Fsp3) is 0.333. The third-order valence-corrected chi connectivity index (χ3v) is 2.36. The summed E-state index contributed by atoms with van der Waals surface area (Å²) in [5.41, 5.74) is -0.133. The Morgan fingerprint density at radius 3 is 2.58 bits per heavy atom. The summed E-state index contributed by atoms with van der Waals surface area (Å²) in [4.78, 5) is 24.0. The average molecular weight is 268 g/mol. The maximum absolute atomic E-state index is 11.8. The summed E-state index contributed by atoms with van der Waals surface area (Å²) in [5, 5.41) is 29.8. The number of amides is 2. The Bertz CT molecular complexity index is 487. The second kappa shape index (κ2) is 6.05. The molecule has 1 aromatic carbocycles. The normalized spacial score (nSPS) is 11.7. The molecule has 104 valence electrons. The molecule has 2 amide bonds. The number of nitrogens with one attached hydrogen (secondary N) is 1. The monoisotopic (exact) mass is 268 g/mol. The minimum atomic E-state index is -1.26. The van der Waals surface area contributed by atoms with Crippen LogP contribution in [0.25, 0.3) is 0 Å². The van der Waals surface area contributed by atoms with Crippen molar-refractivity contribution >= 4 is 17.7 Å². The number of carboxylic acid groups (broad SMARTS) is 1. The molecule has 0 heterocycles. The average Bonchev–Trinajstić information content (AvgIpc) is 2.30. The fourth-order valence-electron chi connectivity index (χ4n) is 1.51. The zero-order valence-electron chi connectivity index (χ0n) is 10.6. The molecule has 0 saturated carbocycles. The van der Waals surface area contributed by atoms with Crippen LogP contribution in [0.1, 0.15) is 17.3 Å². The molecule has 0 spiro atoms. The van der Waals surface area contributed by atoms with Gasteiger partial charge in [0, 0.05) is 13.6 Å². The number of carbonyl (C=O) groups excluding carboxylic acids is 1. The number of anilines is 1. The van der Waals surface area contributed by atoms with E-state index in [1.165, 1.54) is 31.0 Å². The van der Waals surface area contributed by atoms with Crippen LogP contribution in [0.5, 0.6) is 5.75 Å². The first kappa shape index (κ1) is 14.8. The highest BCUT2D eigenvalue weighted by Crippen LogP contribution is 2.21. The summed E-state index contributed by atoms with van der Waals surface area (Å²) in [6.45, 7) is 1.65. The number of benzene rings is 1. The van der Waals surface area contributed by atoms with Crippen LogP contribution >= 0.6 is 0 Å². The Morgan fingerprint density at radius 2 is 2.05 bits per heavy atom. The van der Waals surface area contributed by atoms with E-state index in [0.29, 0.717) is 0 Å². The first-order chi connectivity index (χ1) is 8.81. The van der Waals surface area contributed by atoms with Gasteiger partial charge in [0.2, 0.25) is 0 Å². The maximum Gasteiger partial charge on any atom is 0.337 e. The Kier molecular flexibility index (Phi) is 4.71. The highest BCUT2D eigenvalue weighted by Gasteiger charge is 2.16. The number of aromatic hydroxyl groups is 1. The molecule has 0 aliphatic carbocycles. The lowest BCUT2D eigenvalue weighted by molar-refractivity contribution is 0.0697. The predicted molar refractivity (Wildman–Crippen MR) is 68.4 cm³/mol. The molecule has 1 aromatic rings. The van der Waals surface area contributed by atoms with Gasteiger partial charge in [-0.2, -0.15) is 0 Å². The number of aromatic carboxylic acids is 1. The lowest BCUT2D eigenvalue weighted by atomic mass is 10.1. The number of nitrogens with zero attached hydrogens (tertiary/aromatic N) is 1. The second-order valence-electron chi connectivity index (χ2n) is 4.19. The third-order valence-electron chi connectivity index (χ3n) is 2.36. The summed E-state index contributed by atoms with van der Waals surface area (Å²) >= 11 is 0. The number of aliphatic hydroxyl groups is 1. The minimum Gasteiger partial charge on any atom is -0.508 e. The van der Waals surface area contributed by atoms with Crippen molar-refractivity contribution in [1.82, 2.24) is 4.90 Å². The van der Waals surface area contributed by atoms with Crippen molar-refractivity contribution in [3.63, 3.8) is 0 Å². The molecule has 0 aromatic heterocycles. The van der Waals surface area contributed by atoms with Gasteiger partial charge >= 0.3 is 12.0 Å². The van der Waals surface area contributed by atoms with Gasteiger partial charge < -0.3 is 25.5 Å². The van der Waals surface area contributed by atoms with Crippen molar-refractivity contribution in [2.75, 3.05) is 18.9 Å². The van der Waals surface area contributed by atoms with Crippen LogP contribution in [-0.2, 0) is 0 Å². The summed E-state index contributed by atoms with van der Waals surface area (Å²) in [6.07, 6.45) is -0.686. The van der Waals surface area contributed by atoms with E-state index < -0.39 is 18.1 Å². The maximum atomic E-state index is 11.8. The van der Waals surface area contributed by atoms with E-state index in [-0.39, 0.29) is 23.5 Å². The van der Waals surface area contributed by atoms with Crippen molar-refractivity contribution < 1.29 is 24.9 Å². The van der Waals surface area contributed by atoms with Crippen LogP contribution in [0.15, 0.2) is 18.2 Å². The summed E-state index contributed by atoms with van der Waals surface area (Å²) in [6, 6.07) is 3.07. The first-order valence-corrected chi connectivity index (χ1v) is 5.57. The largest absolute Gasteiger partial charge is 0.508 e. The van der Waals surface area contributed by atoms with Gasteiger partial charge in [-0.15, -0.1) is 0 Å². The van der Waals surface area contributed by atoms with Crippen molar-refractivity contribution in [3.05, 3.63) is 23.8 Å². The molecule has 0 fully saturated rings. The standard InChI is InChI=1S/C12H16N2O5/c1-7(15)6-14(2)12(19)13-10-4-3-8(16)5-9(10)11(17)18/h3-5,7,15-16H,6H2,1-2H3,(H,13,19)(H,17,18). The summed E-state index contributed by atoms with van der Waals surface area (Å²) < 4.78 is 0. The number of hydrogen-bond acceptors (Lipinski definition) is 4. The highest BCUT2D eigenvalue weighted by molar-refractivity contribution is 6.00. The van der Waals surface area contributed by atoms with E-state index in [1.54, 1.807) is 0 Å². The number of carbonyl (C=O) groups is 2. The Hall–Kier alpha value is -2.28. The van der Waals surface area contributed by atoms with E-state index in [1.807, 2.05) is 0 Å². The molecule has 4 N–H and O–H groups in total. The number of likely N-dealkylation sites (N-methyl/N-ethyl adjacent to an activating group) is 1. The smallest absolute Gasteiger partial charge is 0.337 e. The molecule has 1 rings (SSSR count). The van der Waals surface area contributed by atoms with Gasteiger partial charge in [0.15, 0.2) is 0 Å². The van der Waals surface area contributed by atoms with Crippen LogP contribution in [-0.4, -0.2) is 51.9 Å². The van der Waals surface area contributed by atoms with Crippen molar-refractivity contribution in [2.45, 2.75) is 13.0 Å². The Balaban J connectivity index is 2.87. The summed E-state index contributed by atoms with van der Waals surface area (Å²) in [7, 11) is 1.48. The molecule has 1 unspecified atom stereocenters. The quantitative estimate of drug-likeness (QED) is 0.607. The van der Waals surface area contributed by atoms with Gasteiger partial charge in [-0.1, -0.05) is 0 Å². The van der Waals surface area contributed by atoms with E-state index >= 15 is 0 Å². The van der Waals surface area contributed by atoms with Crippen LogP contribution < -0.4 is 5.32 Å². The molecule has 0 aliphatic heterocycles. The highest BCUT2D eigenvalue weighted by atomic mass is 16.4. The number of hydrogen-bond donors (Lipinski definition) is 4. The number of aliphatic hydroxyl groups excluding tert-OH is 1. The van der Waals surface area contributed by atoms with Crippen LogP contribution in [0.4, 0.5) is 10.5 Å². The van der Waals surface area contributed by atoms with Crippen molar-refractivity contribution in [1.29, 1.82) is 0 Å². The Labute approximate surface area is 110 Å². The van der Waals surface area contributed by atoms with Gasteiger partial charge in [-0.3, -0.25) is 0 Å². The van der Waals surface area contributed by atoms with Gasteiger partial charge in [0.05, 0.1) is 17.4 Å². The molecule has 0 saturated heterocycles. The zero-order valence-corrected chi connectivity index (χ0v) is 10.6. The molecule has 7 nitrogen and oxygen atoms in total. The predicted octanol–water partition coefficient (Wildman–Crippen LogP) is 0.935. The SMILES string of the molecule is CC(O)CN(C)C(=O)Nc1ccc(O)cc1C(=O)O.